The Bertz CT molecular complexity index is 612. The molecule has 0 aliphatic rings. The van der Waals surface area contributed by atoms with Crippen LogP contribution in [0.2, 0.25) is 0 Å². The van der Waals surface area contributed by atoms with E-state index in [-0.39, 0.29) is 23.5 Å². The van der Waals surface area contributed by atoms with Crippen LogP contribution >= 0.6 is 0 Å². The highest BCUT2D eigenvalue weighted by Crippen LogP contribution is 2.42. The lowest BCUT2D eigenvalue weighted by Crippen LogP contribution is -2.22. The Morgan fingerprint density at radius 2 is 1.57 bits per heavy atom. The van der Waals surface area contributed by atoms with Gasteiger partial charge in [0.05, 0.1) is 6.10 Å². The fraction of sp³-hybridized carbons (Fsp3) is 0.750. The van der Waals surface area contributed by atoms with Gasteiger partial charge in [-0.15, -0.1) is 0 Å². The summed E-state index contributed by atoms with van der Waals surface area (Å²) in [5.74, 6) is 0.405. The zero-order chi connectivity index (χ0) is 21.5. The number of nitrogens with one attached hydrogen (secondary N) is 1. The van der Waals surface area contributed by atoms with Crippen molar-refractivity contribution in [3.8, 4) is 5.75 Å². The van der Waals surface area contributed by atoms with E-state index in [4.69, 9.17) is 5.11 Å². The number of hydrogen-bond donors (Lipinski definition) is 4. The largest absolute Gasteiger partial charge is 0.507 e. The van der Waals surface area contributed by atoms with Crippen LogP contribution in [0.15, 0.2) is 6.07 Å². The third-order valence-electron chi connectivity index (χ3n) is 5.33. The highest BCUT2D eigenvalue weighted by atomic mass is 16.3. The smallest absolute Gasteiger partial charge is 0.123 e. The molecular weight excluding hydrogens is 350 g/mol. The normalized spacial score (nSPS) is 13.8. The van der Waals surface area contributed by atoms with Gasteiger partial charge in [-0.2, -0.15) is 0 Å². The monoisotopic (exact) mass is 393 g/mol. The van der Waals surface area contributed by atoms with E-state index in [1.807, 2.05) is 0 Å². The lowest BCUT2D eigenvalue weighted by molar-refractivity contribution is 0.161. The van der Waals surface area contributed by atoms with Crippen molar-refractivity contribution in [2.45, 2.75) is 97.5 Å². The average molecular weight is 394 g/mol. The van der Waals surface area contributed by atoms with Gasteiger partial charge in [0, 0.05) is 12.2 Å². The molecule has 1 aromatic rings. The predicted octanol–water partition coefficient (Wildman–Crippen LogP) is 4.34. The van der Waals surface area contributed by atoms with E-state index in [0.29, 0.717) is 12.2 Å². The van der Waals surface area contributed by atoms with Crippen molar-refractivity contribution in [2.24, 2.45) is 0 Å². The molecule has 4 N–H and O–H groups in total. The van der Waals surface area contributed by atoms with Crippen molar-refractivity contribution >= 4 is 0 Å². The van der Waals surface area contributed by atoms with E-state index in [1.54, 1.807) is 0 Å². The van der Waals surface area contributed by atoms with Crippen LogP contribution in [0.3, 0.4) is 0 Å². The SMILES string of the molecule is Cc1c(CC(O)CCCNCCCCO)cc(C(C)(C)C)c(O)c1C(C)(C)C. The summed E-state index contributed by atoms with van der Waals surface area (Å²) in [6.45, 7) is 16.9. The minimum atomic E-state index is -0.386. The second-order valence-electron chi connectivity index (χ2n) is 10.1. The zero-order valence-electron chi connectivity index (χ0n) is 19.2. The number of rotatable bonds is 10. The van der Waals surface area contributed by atoms with Gasteiger partial charge < -0.3 is 20.6 Å². The number of hydrogen-bond acceptors (Lipinski definition) is 4. The second-order valence-corrected chi connectivity index (χ2v) is 10.1. The van der Waals surface area contributed by atoms with Gasteiger partial charge in [0.1, 0.15) is 5.75 Å². The lowest BCUT2D eigenvalue weighted by Gasteiger charge is -2.31. The first-order valence-corrected chi connectivity index (χ1v) is 10.8. The van der Waals surface area contributed by atoms with Crippen LogP contribution in [0.5, 0.6) is 5.75 Å². The summed E-state index contributed by atoms with van der Waals surface area (Å²) < 4.78 is 0. The number of aliphatic hydroxyl groups is 2. The van der Waals surface area contributed by atoms with E-state index in [1.165, 1.54) is 0 Å². The summed E-state index contributed by atoms with van der Waals surface area (Å²) in [6, 6.07) is 2.09. The predicted molar refractivity (Wildman–Crippen MR) is 118 cm³/mol. The van der Waals surface area contributed by atoms with Gasteiger partial charge in [-0.1, -0.05) is 47.6 Å². The van der Waals surface area contributed by atoms with E-state index < -0.39 is 0 Å². The van der Waals surface area contributed by atoms with Crippen LogP contribution in [0, 0.1) is 6.92 Å². The van der Waals surface area contributed by atoms with Gasteiger partial charge >= 0.3 is 0 Å². The number of aliphatic hydroxyl groups excluding tert-OH is 2. The Labute approximate surface area is 172 Å². The minimum absolute atomic E-state index is 0.157. The van der Waals surface area contributed by atoms with Crippen LogP contribution in [0.1, 0.15) is 89.5 Å². The van der Waals surface area contributed by atoms with E-state index in [2.05, 4.69) is 59.8 Å². The molecule has 28 heavy (non-hydrogen) atoms. The molecule has 0 aromatic heterocycles. The second kappa shape index (κ2) is 10.6. The van der Waals surface area contributed by atoms with Crippen LogP contribution in [0.4, 0.5) is 0 Å². The standard InChI is InChI=1S/C24H43NO3/c1-17-18(15-19(27)11-10-13-25-12-8-9-14-26)16-20(23(2,3)4)22(28)21(17)24(5,6)7/h16,19,25-28H,8-15H2,1-7H3. The minimum Gasteiger partial charge on any atom is -0.507 e. The van der Waals surface area contributed by atoms with Gasteiger partial charge in [-0.3, -0.25) is 0 Å². The quantitative estimate of drug-likeness (QED) is 0.446. The molecule has 0 aliphatic heterocycles. The highest BCUT2D eigenvalue weighted by molar-refractivity contribution is 5.54. The summed E-state index contributed by atoms with van der Waals surface area (Å²) in [5, 5.41) is 33.7. The Hall–Kier alpha value is -1.10. The molecule has 0 radical (unpaired) electrons. The molecule has 4 nitrogen and oxygen atoms in total. The molecule has 0 fully saturated rings. The summed E-state index contributed by atoms with van der Waals surface area (Å²) >= 11 is 0. The Kier molecular flexibility index (Phi) is 9.45. The maximum absolute atomic E-state index is 11.0. The molecule has 0 bridgehead atoms. The fourth-order valence-corrected chi connectivity index (χ4v) is 3.83. The topological polar surface area (TPSA) is 72.7 Å². The molecular formula is C24H43NO3. The van der Waals surface area contributed by atoms with Crippen molar-refractivity contribution in [1.29, 1.82) is 0 Å². The Balaban J connectivity index is 2.87. The summed E-state index contributed by atoms with van der Waals surface area (Å²) in [6.07, 6.45) is 3.73. The molecule has 4 heteroatoms. The molecule has 1 atom stereocenters. The van der Waals surface area contributed by atoms with E-state index in [0.717, 1.165) is 61.0 Å². The van der Waals surface area contributed by atoms with Gasteiger partial charge in [0.25, 0.3) is 0 Å². The number of phenols is 1. The maximum Gasteiger partial charge on any atom is 0.123 e. The maximum atomic E-state index is 11.0. The molecule has 0 saturated carbocycles. The number of unbranched alkanes of at least 4 members (excludes halogenated alkanes) is 1. The van der Waals surface area contributed by atoms with Crippen molar-refractivity contribution in [3.63, 3.8) is 0 Å². The first-order chi connectivity index (χ1) is 12.9. The molecule has 0 heterocycles. The zero-order valence-corrected chi connectivity index (χ0v) is 19.2. The third-order valence-corrected chi connectivity index (χ3v) is 5.33. The summed E-state index contributed by atoms with van der Waals surface area (Å²) in [7, 11) is 0. The van der Waals surface area contributed by atoms with E-state index in [9.17, 15) is 10.2 Å². The van der Waals surface area contributed by atoms with Crippen molar-refractivity contribution in [2.75, 3.05) is 19.7 Å². The summed E-state index contributed by atoms with van der Waals surface area (Å²) in [5.41, 5.74) is 3.86. The Morgan fingerprint density at radius 1 is 0.964 bits per heavy atom. The van der Waals surface area contributed by atoms with E-state index >= 15 is 0 Å². The Morgan fingerprint density at radius 3 is 2.11 bits per heavy atom. The van der Waals surface area contributed by atoms with Gasteiger partial charge in [0.2, 0.25) is 0 Å². The first kappa shape index (κ1) is 24.9. The number of phenolic OH excluding ortho intramolecular Hbond substituents is 1. The molecule has 162 valence electrons. The molecule has 0 amide bonds. The number of aromatic hydroxyl groups is 1. The molecule has 1 aromatic carbocycles. The van der Waals surface area contributed by atoms with Crippen LogP contribution in [-0.4, -0.2) is 41.1 Å². The molecule has 0 spiro atoms. The van der Waals surface area contributed by atoms with Crippen LogP contribution in [-0.2, 0) is 17.3 Å². The van der Waals surface area contributed by atoms with Crippen molar-refractivity contribution in [3.05, 3.63) is 28.3 Å². The fourth-order valence-electron chi connectivity index (χ4n) is 3.83. The summed E-state index contributed by atoms with van der Waals surface area (Å²) in [4.78, 5) is 0. The molecule has 0 saturated heterocycles. The van der Waals surface area contributed by atoms with Crippen LogP contribution < -0.4 is 5.32 Å². The third kappa shape index (κ3) is 7.38. The van der Waals surface area contributed by atoms with Gasteiger partial charge in [-0.05, 0) is 79.6 Å². The lowest BCUT2D eigenvalue weighted by atomic mass is 9.75. The molecule has 1 rings (SSSR count). The first-order valence-electron chi connectivity index (χ1n) is 10.8. The molecule has 0 aliphatic carbocycles. The van der Waals surface area contributed by atoms with Crippen molar-refractivity contribution in [1.82, 2.24) is 5.32 Å². The van der Waals surface area contributed by atoms with Gasteiger partial charge in [-0.25, -0.2) is 0 Å². The highest BCUT2D eigenvalue weighted by Gasteiger charge is 2.29. The average Bonchev–Trinajstić information content (AvgIpc) is 2.54. The van der Waals surface area contributed by atoms with Gasteiger partial charge in [0.15, 0.2) is 0 Å². The van der Waals surface area contributed by atoms with Crippen LogP contribution in [0.25, 0.3) is 0 Å². The van der Waals surface area contributed by atoms with Crippen molar-refractivity contribution < 1.29 is 15.3 Å². The molecule has 1 unspecified atom stereocenters. The number of benzene rings is 1.